The number of nitrogens with zero attached hydrogens (tertiary/aromatic N) is 1. The highest BCUT2D eigenvalue weighted by Crippen LogP contribution is 2.24. The molecule has 104 valence electrons. The number of ketones is 1. The molecule has 2 unspecified atom stereocenters. The minimum Gasteiger partial charge on any atom is -0.444 e. The molecule has 0 aromatic carbocycles. The molecule has 4 heteroatoms. The van der Waals surface area contributed by atoms with Gasteiger partial charge >= 0.3 is 6.09 Å². The largest absolute Gasteiger partial charge is 0.444 e. The normalized spacial score (nSPS) is 22.8. The van der Waals surface area contributed by atoms with E-state index < -0.39 is 5.60 Å². The van der Waals surface area contributed by atoms with Crippen LogP contribution >= 0.6 is 0 Å². The van der Waals surface area contributed by atoms with Gasteiger partial charge in [0.05, 0.1) is 0 Å². The van der Waals surface area contributed by atoms with Crippen LogP contribution in [-0.2, 0) is 9.53 Å². The van der Waals surface area contributed by atoms with Crippen molar-refractivity contribution in [2.45, 2.75) is 53.1 Å². The van der Waals surface area contributed by atoms with Crippen molar-refractivity contribution < 1.29 is 14.3 Å². The number of carbonyl (C=O) groups excluding carboxylic acids is 2. The van der Waals surface area contributed by atoms with E-state index in [0.717, 1.165) is 6.42 Å². The third-order valence-electron chi connectivity index (χ3n) is 3.44. The van der Waals surface area contributed by atoms with Crippen LogP contribution in [0, 0.1) is 11.8 Å². The van der Waals surface area contributed by atoms with E-state index in [1.165, 1.54) is 0 Å². The van der Waals surface area contributed by atoms with Gasteiger partial charge in [0.15, 0.2) is 0 Å². The van der Waals surface area contributed by atoms with Gasteiger partial charge in [-0.2, -0.15) is 0 Å². The summed E-state index contributed by atoms with van der Waals surface area (Å²) in [5.41, 5.74) is -0.482. The Morgan fingerprint density at radius 1 is 1.50 bits per heavy atom. The maximum Gasteiger partial charge on any atom is 0.410 e. The Bertz CT molecular complexity index is 319. The van der Waals surface area contributed by atoms with Crippen molar-refractivity contribution in [3.05, 3.63) is 0 Å². The summed E-state index contributed by atoms with van der Waals surface area (Å²) in [7, 11) is 0. The zero-order valence-corrected chi connectivity index (χ0v) is 12.2. The van der Waals surface area contributed by atoms with Gasteiger partial charge in [-0.3, -0.25) is 4.79 Å². The van der Waals surface area contributed by atoms with Crippen molar-refractivity contribution in [3.63, 3.8) is 0 Å². The second kappa shape index (κ2) is 5.72. The van der Waals surface area contributed by atoms with E-state index in [2.05, 4.69) is 13.8 Å². The average molecular weight is 255 g/mol. The van der Waals surface area contributed by atoms with Crippen LogP contribution < -0.4 is 0 Å². The number of piperidine rings is 1. The molecule has 0 bridgehead atoms. The summed E-state index contributed by atoms with van der Waals surface area (Å²) in [5, 5.41) is 0. The van der Waals surface area contributed by atoms with Crippen molar-refractivity contribution in [1.82, 2.24) is 4.90 Å². The number of hydrogen-bond acceptors (Lipinski definition) is 3. The molecule has 0 aromatic rings. The Morgan fingerprint density at radius 2 is 2.11 bits per heavy atom. The number of rotatable bonds is 2. The van der Waals surface area contributed by atoms with Gasteiger partial charge in [-0.25, -0.2) is 4.79 Å². The van der Waals surface area contributed by atoms with Crippen LogP contribution in [0.1, 0.15) is 47.5 Å². The van der Waals surface area contributed by atoms with E-state index in [9.17, 15) is 9.59 Å². The van der Waals surface area contributed by atoms with Crippen LogP contribution in [0.4, 0.5) is 4.79 Å². The van der Waals surface area contributed by atoms with Crippen LogP contribution in [0.3, 0.4) is 0 Å². The fourth-order valence-corrected chi connectivity index (χ4v) is 2.14. The third kappa shape index (κ3) is 4.00. The van der Waals surface area contributed by atoms with Gasteiger partial charge in [-0.15, -0.1) is 0 Å². The second-order valence-corrected chi connectivity index (χ2v) is 6.13. The third-order valence-corrected chi connectivity index (χ3v) is 3.44. The SMILES string of the molecule is CCC(C)C1CN(C(=O)OC(C)(C)C)CCC1=O. The minimum absolute atomic E-state index is 0.0312. The average Bonchev–Trinajstić information content (AvgIpc) is 2.26. The molecular formula is C14H25NO3. The van der Waals surface area contributed by atoms with Crippen LogP contribution in [0.15, 0.2) is 0 Å². The molecule has 1 heterocycles. The summed E-state index contributed by atoms with van der Waals surface area (Å²) in [6.07, 6.45) is 1.11. The highest BCUT2D eigenvalue weighted by Gasteiger charge is 2.34. The molecule has 0 spiro atoms. The van der Waals surface area contributed by atoms with E-state index in [1.807, 2.05) is 20.8 Å². The standard InChI is InChI=1S/C14H25NO3/c1-6-10(2)11-9-15(8-7-12(11)16)13(17)18-14(3,4)5/h10-11H,6-9H2,1-5H3. The number of likely N-dealkylation sites (tertiary alicyclic amines) is 1. The molecule has 1 aliphatic heterocycles. The van der Waals surface area contributed by atoms with Crippen LogP contribution in [-0.4, -0.2) is 35.5 Å². The monoisotopic (exact) mass is 255 g/mol. The smallest absolute Gasteiger partial charge is 0.410 e. The Kier molecular flexibility index (Phi) is 4.77. The summed E-state index contributed by atoms with van der Waals surface area (Å²) in [6.45, 7) is 10.7. The van der Waals surface area contributed by atoms with E-state index in [4.69, 9.17) is 4.74 Å². The first-order chi connectivity index (χ1) is 8.24. The maximum atomic E-state index is 12.0. The fourth-order valence-electron chi connectivity index (χ4n) is 2.14. The zero-order valence-electron chi connectivity index (χ0n) is 12.2. The second-order valence-electron chi connectivity index (χ2n) is 6.13. The van der Waals surface area contributed by atoms with E-state index >= 15 is 0 Å². The van der Waals surface area contributed by atoms with Gasteiger partial charge in [0, 0.05) is 25.4 Å². The summed E-state index contributed by atoms with van der Waals surface area (Å²) in [6, 6.07) is 0. The highest BCUT2D eigenvalue weighted by molar-refractivity contribution is 5.84. The first kappa shape index (κ1) is 15.0. The Labute approximate surface area is 110 Å². The molecule has 0 radical (unpaired) electrons. The van der Waals surface area contributed by atoms with Gasteiger partial charge in [0.1, 0.15) is 11.4 Å². The van der Waals surface area contributed by atoms with Gasteiger partial charge in [-0.1, -0.05) is 20.3 Å². The summed E-state index contributed by atoms with van der Waals surface area (Å²) < 4.78 is 5.35. The predicted octanol–water partition coefficient (Wildman–Crippen LogP) is 2.86. The van der Waals surface area contributed by atoms with Crippen LogP contribution in [0.25, 0.3) is 0 Å². The van der Waals surface area contributed by atoms with Gasteiger partial charge < -0.3 is 9.64 Å². The van der Waals surface area contributed by atoms with Crippen molar-refractivity contribution in [2.75, 3.05) is 13.1 Å². The summed E-state index contributed by atoms with van der Waals surface area (Å²) in [4.78, 5) is 25.5. The van der Waals surface area contributed by atoms with Gasteiger partial charge in [-0.05, 0) is 26.7 Å². The first-order valence-electron chi connectivity index (χ1n) is 6.75. The Hall–Kier alpha value is -1.06. The van der Waals surface area contributed by atoms with E-state index in [0.29, 0.717) is 25.4 Å². The summed E-state index contributed by atoms with van der Waals surface area (Å²) in [5.74, 6) is 0.572. The molecular weight excluding hydrogens is 230 g/mol. The number of ether oxygens (including phenoxy) is 1. The molecule has 2 atom stereocenters. The fraction of sp³-hybridized carbons (Fsp3) is 0.857. The summed E-state index contributed by atoms with van der Waals surface area (Å²) >= 11 is 0. The molecule has 18 heavy (non-hydrogen) atoms. The topological polar surface area (TPSA) is 46.6 Å². The molecule has 0 aromatic heterocycles. The molecule has 4 nitrogen and oxygen atoms in total. The first-order valence-corrected chi connectivity index (χ1v) is 6.75. The van der Waals surface area contributed by atoms with Gasteiger partial charge in [0.25, 0.3) is 0 Å². The van der Waals surface area contributed by atoms with Gasteiger partial charge in [0.2, 0.25) is 0 Å². The predicted molar refractivity (Wildman–Crippen MR) is 70.4 cm³/mol. The molecule has 0 N–H and O–H groups in total. The van der Waals surface area contributed by atoms with E-state index in [1.54, 1.807) is 4.90 Å². The van der Waals surface area contributed by atoms with Crippen LogP contribution in [0.5, 0.6) is 0 Å². The molecule has 1 amide bonds. The molecule has 1 saturated heterocycles. The highest BCUT2D eigenvalue weighted by atomic mass is 16.6. The van der Waals surface area contributed by atoms with Crippen molar-refractivity contribution >= 4 is 11.9 Å². The maximum absolute atomic E-state index is 12.0. The Balaban J connectivity index is 2.64. The molecule has 1 aliphatic rings. The lowest BCUT2D eigenvalue weighted by Crippen LogP contribution is -2.47. The van der Waals surface area contributed by atoms with E-state index in [-0.39, 0.29) is 17.8 Å². The lowest BCUT2D eigenvalue weighted by atomic mass is 9.84. The minimum atomic E-state index is -0.482. The molecule has 1 rings (SSSR count). The number of amides is 1. The lowest BCUT2D eigenvalue weighted by Gasteiger charge is -2.35. The number of hydrogen-bond donors (Lipinski definition) is 0. The van der Waals surface area contributed by atoms with Crippen molar-refractivity contribution in [2.24, 2.45) is 11.8 Å². The van der Waals surface area contributed by atoms with Crippen LogP contribution in [0.2, 0.25) is 0 Å². The molecule has 1 fully saturated rings. The van der Waals surface area contributed by atoms with Crippen molar-refractivity contribution in [1.29, 1.82) is 0 Å². The molecule has 0 saturated carbocycles. The number of carbonyl (C=O) groups is 2. The lowest BCUT2D eigenvalue weighted by molar-refractivity contribution is -0.127. The van der Waals surface area contributed by atoms with Crippen molar-refractivity contribution in [3.8, 4) is 0 Å². The molecule has 0 aliphatic carbocycles. The quantitative estimate of drug-likeness (QED) is 0.762. The zero-order chi connectivity index (χ0) is 13.9. The number of Topliss-reactive ketones (excluding diaryl/α,β-unsaturated/α-hetero) is 1. The Morgan fingerprint density at radius 3 is 2.61 bits per heavy atom.